The number of nitrogens with zero attached hydrogens (tertiary/aromatic N) is 2. The highest BCUT2D eigenvalue weighted by Gasteiger charge is 2.45. The summed E-state index contributed by atoms with van der Waals surface area (Å²) in [4.78, 5) is 33.7. The van der Waals surface area contributed by atoms with Crippen LogP contribution in [0.3, 0.4) is 0 Å². The number of carbonyl (C=O) groups excluding carboxylic acids is 2. The first-order valence-corrected chi connectivity index (χ1v) is 16.9. The molecule has 5 rings (SSSR count). The summed E-state index contributed by atoms with van der Waals surface area (Å²) < 4.78 is 0.0315. The van der Waals surface area contributed by atoms with Gasteiger partial charge in [0.15, 0.2) is 0 Å². The lowest BCUT2D eigenvalue weighted by Gasteiger charge is -2.36. The van der Waals surface area contributed by atoms with Gasteiger partial charge in [0.05, 0.1) is 17.3 Å². The fraction of sp³-hybridized carbons (Fsp3) is 0.690. The zero-order chi connectivity index (χ0) is 28.4. The largest absolute Gasteiger partial charge is 0.403 e. The molecule has 5 atom stereocenters. The molecule has 0 radical (unpaired) electrons. The Morgan fingerprint density at radius 2 is 1.95 bits per heavy atom. The monoisotopic (exact) mass is 676 g/mol. The second-order valence-corrected chi connectivity index (χ2v) is 12.6. The maximum atomic E-state index is 13.4. The summed E-state index contributed by atoms with van der Waals surface area (Å²) in [5, 5.41) is 9.99. The van der Waals surface area contributed by atoms with E-state index in [0.717, 1.165) is 45.1 Å². The molecule has 4 unspecified atom stereocenters. The van der Waals surface area contributed by atoms with Crippen molar-refractivity contribution in [3.8, 4) is 0 Å². The van der Waals surface area contributed by atoms with E-state index in [2.05, 4.69) is 54.5 Å². The van der Waals surface area contributed by atoms with Crippen molar-refractivity contribution in [3.63, 3.8) is 0 Å². The summed E-state index contributed by atoms with van der Waals surface area (Å²) >= 11 is 4.12. The van der Waals surface area contributed by atoms with Crippen LogP contribution >= 0.6 is 34.4 Å². The average molecular weight is 677 g/mol. The van der Waals surface area contributed by atoms with E-state index in [-0.39, 0.29) is 49.6 Å². The number of alkyl halides is 1. The van der Waals surface area contributed by atoms with Crippen molar-refractivity contribution in [3.05, 3.63) is 35.2 Å². The molecule has 0 aromatic carbocycles. The molecule has 0 bridgehead atoms. The number of aliphatic imine (C=N–C) groups is 1. The van der Waals surface area contributed by atoms with Crippen LogP contribution < -0.4 is 21.7 Å². The average Bonchev–Trinajstić information content (AvgIpc) is 3.90. The van der Waals surface area contributed by atoms with Gasteiger partial charge in [0.2, 0.25) is 11.8 Å². The Balaban J connectivity index is 0.00000230. The zero-order valence-corrected chi connectivity index (χ0v) is 26.8. The smallest absolute Gasteiger partial charge is 0.230 e. The number of halogens is 1. The third-order valence-electron chi connectivity index (χ3n) is 7.37. The Bertz CT molecular complexity index is 962. The van der Waals surface area contributed by atoms with Crippen molar-refractivity contribution >= 4 is 52.4 Å². The van der Waals surface area contributed by atoms with Crippen LogP contribution in [0.15, 0.2) is 40.1 Å². The van der Waals surface area contributed by atoms with Gasteiger partial charge >= 0.3 is 0 Å². The van der Waals surface area contributed by atoms with Crippen LogP contribution in [0, 0.1) is 17.8 Å². The van der Waals surface area contributed by atoms with Crippen LogP contribution in [0.1, 0.15) is 83.3 Å². The second kappa shape index (κ2) is 16.0. The van der Waals surface area contributed by atoms with E-state index in [4.69, 9.17) is 5.73 Å². The molecule has 0 spiro atoms. The first kappa shape index (κ1) is 32.0. The first-order valence-electron chi connectivity index (χ1n) is 14.7. The molecule has 0 aromatic rings. The van der Waals surface area contributed by atoms with Gasteiger partial charge < -0.3 is 21.3 Å². The molecule has 2 heterocycles. The van der Waals surface area contributed by atoms with Gasteiger partial charge in [-0.15, -0.1) is 11.8 Å². The molecule has 5 N–H and O–H groups in total. The Kier molecular flexibility index (Phi) is 13.2. The highest BCUT2D eigenvalue weighted by Crippen LogP contribution is 2.48. The van der Waals surface area contributed by atoms with Crippen LogP contribution in [0.4, 0.5) is 0 Å². The van der Waals surface area contributed by atoms with Gasteiger partial charge in [-0.1, -0.05) is 33.8 Å². The quantitative estimate of drug-likeness (QED) is 0.102. The van der Waals surface area contributed by atoms with Gasteiger partial charge in [0, 0.05) is 47.6 Å². The number of rotatable bonds is 10. The van der Waals surface area contributed by atoms with E-state index in [1.165, 1.54) is 23.3 Å². The third-order valence-corrected chi connectivity index (χ3v) is 9.77. The van der Waals surface area contributed by atoms with Crippen LogP contribution in [0.25, 0.3) is 0 Å². The zero-order valence-electron chi connectivity index (χ0n) is 23.9. The molecular weight excluding hydrogens is 623 g/mol. The van der Waals surface area contributed by atoms with Gasteiger partial charge in [-0.3, -0.25) is 19.9 Å². The lowest BCUT2D eigenvalue weighted by molar-refractivity contribution is -0.125. The summed E-state index contributed by atoms with van der Waals surface area (Å²) in [7, 11) is 0. The molecule has 39 heavy (non-hydrogen) atoms. The fourth-order valence-corrected chi connectivity index (χ4v) is 7.63. The van der Waals surface area contributed by atoms with E-state index in [1.807, 2.05) is 46.3 Å². The lowest BCUT2D eigenvalue weighted by Crippen LogP contribution is -2.50. The Hall–Kier alpha value is -1.53. The summed E-state index contributed by atoms with van der Waals surface area (Å²) in [6, 6.07) is 0.398. The standard InChI is InChI=1S/C25H35IN6O2S.2C2H6.3H2/c26-25(32(11-9-27)18-2-1-10-28-14-18)30-17-7-8-20-19(12-17)21(23(34)29-13-15-3-4-15)24(35-20)31-22(33)16-5-6-16;2*1-2;;;/h1,9-11,14-18,21,24-25,30H,2-8,12-13,27H2,(H,29,34)(H,31,33);2*1-2H3;3*1H/b11-9-;;;;;/t17-,18?,21?,24?,25?;;;;;/m0...../s1. The Labute approximate surface area is 257 Å². The van der Waals surface area contributed by atoms with Crippen molar-refractivity contribution in [2.24, 2.45) is 28.5 Å². The number of allylic oxidation sites excluding steroid dienone is 1. The Morgan fingerprint density at radius 1 is 1.21 bits per heavy atom. The molecule has 2 aliphatic heterocycles. The van der Waals surface area contributed by atoms with Gasteiger partial charge in [0.25, 0.3) is 0 Å². The molecule has 2 fully saturated rings. The van der Waals surface area contributed by atoms with Crippen molar-refractivity contribution in [1.82, 2.24) is 20.9 Å². The number of nitrogens with one attached hydrogen (secondary N) is 3. The molecule has 2 amide bonds. The van der Waals surface area contributed by atoms with Gasteiger partial charge in [-0.25, -0.2) is 0 Å². The molecule has 5 aliphatic rings. The topological polar surface area (TPSA) is 112 Å². The van der Waals surface area contributed by atoms with E-state index in [0.29, 0.717) is 5.92 Å². The third kappa shape index (κ3) is 8.98. The van der Waals surface area contributed by atoms with Crippen molar-refractivity contribution < 1.29 is 13.9 Å². The highest BCUT2D eigenvalue weighted by molar-refractivity contribution is 14.1. The predicted molar refractivity (Wildman–Crippen MR) is 177 cm³/mol. The van der Waals surface area contributed by atoms with E-state index >= 15 is 0 Å². The van der Waals surface area contributed by atoms with Gasteiger partial charge in [0.1, 0.15) is 4.17 Å². The molecule has 224 valence electrons. The first-order chi connectivity index (χ1) is 19.0. The number of hydrogen-bond donors (Lipinski definition) is 4. The number of thioether (sulfide) groups is 1. The van der Waals surface area contributed by atoms with E-state index in [1.54, 1.807) is 18.0 Å². The summed E-state index contributed by atoms with van der Waals surface area (Å²) in [5.41, 5.74) is 6.97. The number of nitrogens with two attached hydrogens (primary N) is 1. The molecule has 0 saturated heterocycles. The minimum atomic E-state index is -0.288. The molecule has 3 aliphatic carbocycles. The molecule has 10 heteroatoms. The van der Waals surface area contributed by atoms with Crippen molar-refractivity contribution in [2.75, 3.05) is 6.54 Å². The second-order valence-electron chi connectivity index (χ2n) is 10.2. The Morgan fingerprint density at radius 3 is 2.56 bits per heavy atom. The molecule has 8 nitrogen and oxygen atoms in total. The van der Waals surface area contributed by atoms with Crippen LogP contribution in [0.5, 0.6) is 0 Å². The van der Waals surface area contributed by atoms with Crippen LogP contribution in [-0.4, -0.2) is 51.1 Å². The van der Waals surface area contributed by atoms with Crippen LogP contribution in [0.2, 0.25) is 0 Å². The summed E-state index contributed by atoms with van der Waals surface area (Å²) in [5.74, 6) is 0.653. The normalized spacial score (nSPS) is 28.0. The van der Waals surface area contributed by atoms with Crippen LogP contribution in [-0.2, 0) is 9.59 Å². The summed E-state index contributed by atoms with van der Waals surface area (Å²) in [6.45, 7) is 8.75. The van der Waals surface area contributed by atoms with E-state index in [9.17, 15) is 9.59 Å². The maximum Gasteiger partial charge on any atom is 0.230 e. The van der Waals surface area contributed by atoms with Crippen molar-refractivity contribution in [1.29, 1.82) is 0 Å². The van der Waals surface area contributed by atoms with Gasteiger partial charge in [-0.2, -0.15) is 0 Å². The molecular formula is C29H53IN6O2S. The van der Waals surface area contributed by atoms with E-state index < -0.39 is 0 Å². The summed E-state index contributed by atoms with van der Waals surface area (Å²) in [6.07, 6.45) is 17.3. The van der Waals surface area contributed by atoms with Crippen molar-refractivity contribution in [2.45, 2.75) is 101 Å². The maximum absolute atomic E-state index is 13.4. The predicted octanol–water partition coefficient (Wildman–Crippen LogP) is 5.72. The fourth-order valence-electron chi connectivity index (χ4n) is 5.02. The number of amides is 2. The minimum absolute atomic E-state index is 0. The molecule has 0 aromatic heterocycles. The molecule has 2 saturated carbocycles. The number of hydrogen-bond acceptors (Lipinski definition) is 7. The SMILES string of the molecule is CC.CC.N/C=C\N(C1C=NC=CC1)C(I)N[C@H]1CCC2=C(C1)C(C(=O)NCC1CC1)C(NC(=O)C1CC1)S2.[HH].[HH].[HH]. The lowest BCUT2D eigenvalue weighted by atomic mass is 9.85. The van der Waals surface area contributed by atoms with Gasteiger partial charge in [-0.05, 0) is 90.4 Å². The highest BCUT2D eigenvalue weighted by atomic mass is 127. The number of carbonyl (C=O) groups is 2. The minimum Gasteiger partial charge on any atom is -0.403 e.